The maximum atomic E-state index is 2.47. The van der Waals surface area contributed by atoms with Crippen molar-refractivity contribution in [3.8, 4) is 61.3 Å². The van der Waals surface area contributed by atoms with E-state index in [2.05, 4.69) is 276 Å². The maximum Gasteiger partial charge on any atom is 0.0546 e. The lowest BCUT2D eigenvalue weighted by Gasteiger charge is -2.30. The minimum absolute atomic E-state index is 1.07. The van der Waals surface area contributed by atoms with Gasteiger partial charge in [-0.25, -0.2) is 0 Å². The van der Waals surface area contributed by atoms with Gasteiger partial charge in [-0.1, -0.05) is 200 Å². The van der Waals surface area contributed by atoms with E-state index < -0.39 is 0 Å². The second-order valence-electron chi connectivity index (χ2n) is 16.9. The summed E-state index contributed by atoms with van der Waals surface area (Å²) in [6, 6.07) is 97.1. The first kappa shape index (κ1) is 38.9. The molecule has 0 aliphatic heterocycles. The van der Waals surface area contributed by atoms with Crippen molar-refractivity contribution in [3.63, 3.8) is 0 Å². The molecule has 0 bridgehead atoms. The van der Waals surface area contributed by atoms with E-state index in [-0.39, 0.29) is 0 Å². The molecule has 0 amide bonds. The minimum Gasteiger partial charge on any atom is -0.310 e. The van der Waals surface area contributed by atoms with Crippen LogP contribution in [0.3, 0.4) is 0 Å². The van der Waals surface area contributed by atoms with Crippen molar-refractivity contribution >= 4 is 49.6 Å². The molecule has 1 aromatic heterocycles. The Hall–Kier alpha value is -8.72. The second kappa shape index (κ2) is 16.8. The van der Waals surface area contributed by atoms with E-state index >= 15 is 0 Å². The molecule has 1 heterocycles. The molecule has 0 spiro atoms. The normalized spacial score (nSPS) is 11.3. The highest BCUT2D eigenvalue weighted by Gasteiger charge is 2.24. The molecule has 0 fully saturated rings. The molecule has 2 nitrogen and oxygen atoms in total. The summed E-state index contributed by atoms with van der Waals surface area (Å²) >= 11 is 0. The first-order valence-electron chi connectivity index (χ1n) is 22.7. The Labute approximate surface area is 385 Å². The van der Waals surface area contributed by atoms with Gasteiger partial charge in [0.15, 0.2) is 0 Å². The number of anilines is 3. The lowest BCUT2D eigenvalue weighted by Crippen LogP contribution is -2.12. The number of nitrogens with zero attached hydrogens (tertiary/aromatic N) is 2. The van der Waals surface area contributed by atoms with E-state index in [4.69, 9.17) is 0 Å². The lowest BCUT2D eigenvalue weighted by molar-refractivity contribution is 1.18. The number of para-hydroxylation sites is 2. The van der Waals surface area contributed by atoms with E-state index in [1.54, 1.807) is 0 Å². The Bertz CT molecular complexity index is 3700. The monoisotopic (exact) mass is 840 g/mol. The molecule has 66 heavy (non-hydrogen) atoms. The topological polar surface area (TPSA) is 8.17 Å². The zero-order chi connectivity index (χ0) is 43.8. The average molecular weight is 841 g/mol. The zero-order valence-corrected chi connectivity index (χ0v) is 36.3. The van der Waals surface area contributed by atoms with Crippen molar-refractivity contribution in [1.82, 2.24) is 4.57 Å². The molecule has 12 aromatic rings. The summed E-state index contributed by atoms with van der Waals surface area (Å²) in [6.45, 7) is 0. The van der Waals surface area contributed by atoms with E-state index in [1.165, 1.54) is 71.5 Å². The third-order valence-corrected chi connectivity index (χ3v) is 13.0. The third-order valence-electron chi connectivity index (χ3n) is 13.0. The lowest BCUT2D eigenvalue weighted by atomic mass is 9.87. The van der Waals surface area contributed by atoms with Crippen LogP contribution in [0.1, 0.15) is 0 Å². The Morgan fingerprint density at radius 3 is 1.50 bits per heavy atom. The van der Waals surface area contributed by atoms with E-state index in [0.29, 0.717) is 0 Å². The number of hydrogen-bond donors (Lipinski definition) is 0. The molecule has 0 aliphatic rings. The number of hydrogen-bond acceptors (Lipinski definition) is 1. The van der Waals surface area contributed by atoms with Gasteiger partial charge in [0.1, 0.15) is 0 Å². The van der Waals surface area contributed by atoms with Crippen LogP contribution in [0, 0.1) is 0 Å². The average Bonchev–Trinajstić information content (AvgIpc) is 3.73. The molecule has 0 N–H and O–H groups in total. The molecule has 2 heteroatoms. The third kappa shape index (κ3) is 7.02. The highest BCUT2D eigenvalue weighted by Crippen LogP contribution is 2.49. The zero-order valence-electron chi connectivity index (χ0n) is 36.3. The number of aromatic nitrogens is 1. The maximum absolute atomic E-state index is 2.47. The van der Waals surface area contributed by atoms with Gasteiger partial charge in [-0.2, -0.15) is 0 Å². The van der Waals surface area contributed by atoms with Gasteiger partial charge in [-0.05, 0) is 128 Å². The van der Waals surface area contributed by atoms with Crippen LogP contribution in [-0.4, -0.2) is 4.57 Å². The smallest absolute Gasteiger partial charge is 0.0546 e. The Balaban J connectivity index is 1.09. The SMILES string of the molecule is c1ccc(-c2ccccc2-c2c(-c3ccccc3)cccc2N(c2cccc(-c3ccc4ccccc4c3)c2)c2cccc(-c3ccc4c(c3)c3ccccc3n4-c3ccccc3)c2)cc1. The Morgan fingerprint density at radius 2 is 0.773 bits per heavy atom. The summed E-state index contributed by atoms with van der Waals surface area (Å²) in [4.78, 5) is 2.47. The molecular formula is C64H44N2. The first-order chi connectivity index (χ1) is 32.7. The fourth-order valence-corrected chi connectivity index (χ4v) is 9.89. The van der Waals surface area contributed by atoms with E-state index in [0.717, 1.165) is 39.4 Å². The van der Waals surface area contributed by atoms with Gasteiger partial charge in [0.2, 0.25) is 0 Å². The Morgan fingerprint density at radius 1 is 0.273 bits per heavy atom. The predicted octanol–water partition coefficient (Wildman–Crippen LogP) is 17.7. The second-order valence-corrected chi connectivity index (χ2v) is 16.9. The van der Waals surface area contributed by atoms with Crippen LogP contribution in [0.5, 0.6) is 0 Å². The minimum atomic E-state index is 1.07. The summed E-state index contributed by atoms with van der Waals surface area (Å²) in [7, 11) is 0. The van der Waals surface area contributed by atoms with Gasteiger partial charge in [-0.15, -0.1) is 0 Å². The molecule has 0 aliphatic carbocycles. The molecule has 0 unspecified atom stereocenters. The number of rotatable bonds is 9. The molecular weight excluding hydrogens is 797 g/mol. The van der Waals surface area contributed by atoms with Crippen LogP contribution in [-0.2, 0) is 0 Å². The standard InChI is InChI=1S/C64H44N2/c1-4-20-46(21-5-1)56-31-12-13-33-59(56)64-57(47-22-6-2-7-23-47)34-18-36-63(64)65(54-29-16-25-49(42-54)51-38-37-45-19-10-11-24-48(45)41-51)55-30-17-26-50(43-55)52-39-40-62-60(44-52)58-32-14-15-35-61(58)66(62)53-27-8-3-9-28-53/h1-44H. The molecule has 0 atom stereocenters. The van der Waals surface area contributed by atoms with Crippen molar-refractivity contribution in [3.05, 3.63) is 267 Å². The predicted molar refractivity (Wildman–Crippen MR) is 280 cm³/mol. The Kier molecular flexibility index (Phi) is 9.89. The van der Waals surface area contributed by atoms with Gasteiger partial charge in [-0.3, -0.25) is 0 Å². The first-order valence-corrected chi connectivity index (χ1v) is 22.7. The van der Waals surface area contributed by atoms with E-state index in [9.17, 15) is 0 Å². The van der Waals surface area contributed by atoms with Crippen LogP contribution in [0.25, 0.3) is 93.9 Å². The van der Waals surface area contributed by atoms with Crippen molar-refractivity contribution in [2.75, 3.05) is 4.90 Å². The van der Waals surface area contributed by atoms with Gasteiger partial charge < -0.3 is 9.47 Å². The van der Waals surface area contributed by atoms with E-state index in [1.807, 2.05) is 0 Å². The van der Waals surface area contributed by atoms with Crippen LogP contribution in [0.15, 0.2) is 267 Å². The van der Waals surface area contributed by atoms with Gasteiger partial charge in [0, 0.05) is 33.4 Å². The van der Waals surface area contributed by atoms with Crippen molar-refractivity contribution in [1.29, 1.82) is 0 Å². The summed E-state index contributed by atoms with van der Waals surface area (Å²) in [6.07, 6.45) is 0. The van der Waals surface area contributed by atoms with Gasteiger partial charge in [0.05, 0.1) is 16.7 Å². The van der Waals surface area contributed by atoms with Crippen molar-refractivity contribution < 1.29 is 0 Å². The van der Waals surface area contributed by atoms with Crippen molar-refractivity contribution in [2.24, 2.45) is 0 Å². The fourth-order valence-electron chi connectivity index (χ4n) is 9.89. The summed E-state index contributed by atoms with van der Waals surface area (Å²) in [5.41, 5.74) is 18.5. The molecule has 0 radical (unpaired) electrons. The molecule has 0 saturated carbocycles. The number of benzene rings is 11. The number of fused-ring (bicyclic) bond motifs is 4. The van der Waals surface area contributed by atoms with Crippen LogP contribution in [0.2, 0.25) is 0 Å². The molecule has 11 aromatic carbocycles. The quantitative estimate of drug-likeness (QED) is 0.141. The van der Waals surface area contributed by atoms with Gasteiger partial charge >= 0.3 is 0 Å². The summed E-state index contributed by atoms with van der Waals surface area (Å²) < 4.78 is 2.38. The fraction of sp³-hybridized carbons (Fsp3) is 0. The highest BCUT2D eigenvalue weighted by atomic mass is 15.1. The van der Waals surface area contributed by atoms with Crippen LogP contribution >= 0.6 is 0 Å². The summed E-state index contributed by atoms with van der Waals surface area (Å²) in [5.74, 6) is 0. The van der Waals surface area contributed by atoms with Crippen LogP contribution < -0.4 is 4.90 Å². The van der Waals surface area contributed by atoms with Crippen molar-refractivity contribution in [2.45, 2.75) is 0 Å². The molecule has 12 rings (SSSR count). The largest absolute Gasteiger partial charge is 0.310 e. The molecule has 310 valence electrons. The summed E-state index contributed by atoms with van der Waals surface area (Å²) in [5, 5.41) is 4.93. The highest BCUT2D eigenvalue weighted by molar-refractivity contribution is 6.10. The van der Waals surface area contributed by atoms with Crippen LogP contribution in [0.4, 0.5) is 17.1 Å². The molecule has 0 saturated heterocycles. The van der Waals surface area contributed by atoms with Gasteiger partial charge in [0.25, 0.3) is 0 Å².